The van der Waals surface area contributed by atoms with Gasteiger partial charge in [-0.15, -0.1) is 0 Å². The molecule has 0 aliphatic heterocycles. The fraction of sp³-hybridized carbons (Fsp3) is 0.133. The number of hydrogen-bond donors (Lipinski definition) is 0. The summed E-state index contributed by atoms with van der Waals surface area (Å²) in [5, 5.41) is 9.11. The van der Waals surface area contributed by atoms with Crippen LogP contribution in [0.3, 0.4) is 0 Å². The summed E-state index contributed by atoms with van der Waals surface area (Å²) in [6.45, 7) is 2.06. The van der Waals surface area contributed by atoms with Gasteiger partial charge in [-0.25, -0.2) is 0 Å². The summed E-state index contributed by atoms with van der Waals surface area (Å²) in [6.07, 6.45) is 0. The third-order valence-electron chi connectivity index (χ3n) is 2.53. The first-order valence-corrected chi connectivity index (χ1v) is 6.37. The Hall–Kier alpha value is -1.92. The van der Waals surface area contributed by atoms with Crippen molar-refractivity contribution < 1.29 is 4.74 Å². The lowest BCUT2D eigenvalue weighted by molar-refractivity contribution is 0.413. The number of nitriles is 1. The molecule has 0 aliphatic carbocycles. The van der Waals surface area contributed by atoms with Crippen molar-refractivity contribution in [1.82, 2.24) is 0 Å². The van der Waals surface area contributed by atoms with Crippen LogP contribution in [-0.4, -0.2) is 7.11 Å². The molecule has 0 aromatic heterocycles. The lowest BCUT2D eigenvalue weighted by Gasteiger charge is -2.07. The van der Waals surface area contributed by atoms with Gasteiger partial charge in [-0.1, -0.05) is 29.5 Å². The van der Waals surface area contributed by atoms with Gasteiger partial charge in [0.25, 0.3) is 0 Å². The molecule has 0 spiro atoms. The van der Waals surface area contributed by atoms with E-state index in [0.29, 0.717) is 5.56 Å². The van der Waals surface area contributed by atoms with Gasteiger partial charge in [0.1, 0.15) is 11.8 Å². The molecule has 0 unspecified atom stereocenters. The molecule has 2 aromatic carbocycles. The fourth-order valence-corrected chi connectivity index (χ4v) is 2.66. The van der Waals surface area contributed by atoms with Gasteiger partial charge in [0.2, 0.25) is 0 Å². The van der Waals surface area contributed by atoms with Gasteiger partial charge in [0.05, 0.1) is 12.7 Å². The number of ether oxygens (including phenoxy) is 1. The van der Waals surface area contributed by atoms with E-state index in [4.69, 9.17) is 10.00 Å². The molecule has 0 N–H and O–H groups in total. The molecule has 0 saturated carbocycles. The zero-order valence-corrected chi connectivity index (χ0v) is 11.1. The van der Waals surface area contributed by atoms with E-state index in [9.17, 15) is 0 Å². The first kappa shape index (κ1) is 12.5. The number of methoxy groups -OCH3 is 1. The highest BCUT2D eigenvalue weighted by atomic mass is 32.2. The molecule has 0 atom stereocenters. The van der Waals surface area contributed by atoms with Crippen LogP contribution in [0.2, 0.25) is 0 Å². The second-order valence-corrected chi connectivity index (χ2v) is 5.01. The van der Waals surface area contributed by atoms with E-state index in [1.54, 1.807) is 31.0 Å². The van der Waals surface area contributed by atoms with E-state index in [0.717, 1.165) is 15.5 Å². The minimum absolute atomic E-state index is 0.669. The van der Waals surface area contributed by atoms with Crippen molar-refractivity contribution in [3.8, 4) is 11.8 Å². The van der Waals surface area contributed by atoms with Crippen LogP contribution in [0.15, 0.2) is 52.3 Å². The van der Waals surface area contributed by atoms with E-state index in [2.05, 4.69) is 25.1 Å². The topological polar surface area (TPSA) is 33.0 Å². The Bertz CT molecular complexity index is 602. The number of nitrogens with zero attached hydrogens (tertiary/aromatic N) is 1. The molecule has 0 saturated heterocycles. The first-order chi connectivity index (χ1) is 8.72. The molecule has 0 radical (unpaired) electrons. The number of benzene rings is 2. The van der Waals surface area contributed by atoms with E-state index in [1.165, 1.54) is 5.56 Å². The van der Waals surface area contributed by atoms with Crippen LogP contribution in [0.25, 0.3) is 0 Å². The Morgan fingerprint density at radius 2 is 2.00 bits per heavy atom. The molecule has 2 nitrogen and oxygen atoms in total. The van der Waals surface area contributed by atoms with Gasteiger partial charge in [-0.05, 0) is 37.3 Å². The summed E-state index contributed by atoms with van der Waals surface area (Å²) in [7, 11) is 1.63. The Morgan fingerprint density at radius 3 is 2.67 bits per heavy atom. The van der Waals surface area contributed by atoms with Crippen molar-refractivity contribution in [1.29, 1.82) is 5.26 Å². The minimum Gasteiger partial charge on any atom is -0.497 e. The van der Waals surface area contributed by atoms with E-state index < -0.39 is 0 Å². The predicted octanol–water partition coefficient (Wildman–Crippen LogP) is 4.03. The zero-order chi connectivity index (χ0) is 13.0. The van der Waals surface area contributed by atoms with Crippen molar-refractivity contribution in [3.63, 3.8) is 0 Å². The van der Waals surface area contributed by atoms with Gasteiger partial charge in [0, 0.05) is 9.79 Å². The predicted molar refractivity (Wildman–Crippen MR) is 73.0 cm³/mol. The number of aryl methyl sites for hydroxylation is 1. The number of rotatable bonds is 3. The maximum absolute atomic E-state index is 9.11. The second-order valence-electron chi connectivity index (χ2n) is 3.89. The van der Waals surface area contributed by atoms with E-state index in [1.807, 2.05) is 18.2 Å². The molecule has 0 fully saturated rings. The summed E-state index contributed by atoms with van der Waals surface area (Å²) in [5.74, 6) is 0.768. The highest BCUT2D eigenvalue weighted by Crippen LogP contribution is 2.33. The van der Waals surface area contributed by atoms with E-state index >= 15 is 0 Å². The van der Waals surface area contributed by atoms with Gasteiger partial charge in [-0.2, -0.15) is 5.26 Å². The van der Waals surface area contributed by atoms with Crippen molar-refractivity contribution in [2.45, 2.75) is 16.7 Å². The van der Waals surface area contributed by atoms with Crippen LogP contribution in [0.4, 0.5) is 0 Å². The average molecular weight is 255 g/mol. The van der Waals surface area contributed by atoms with Gasteiger partial charge in [0.15, 0.2) is 0 Å². The molecule has 0 heterocycles. The summed E-state index contributed by atoms with van der Waals surface area (Å²) >= 11 is 1.58. The lowest BCUT2D eigenvalue weighted by Crippen LogP contribution is -1.86. The zero-order valence-electron chi connectivity index (χ0n) is 10.3. The average Bonchev–Trinajstić information content (AvgIpc) is 2.38. The molecular formula is C15H13NOS. The normalized spacial score (nSPS) is 9.83. The standard InChI is InChI=1S/C15H13NOS/c1-11-4-3-5-14(8-11)18-15-9-13(17-2)7-6-12(15)10-16/h3-9H,1-2H3. The van der Waals surface area contributed by atoms with Crippen molar-refractivity contribution in [3.05, 3.63) is 53.6 Å². The highest BCUT2D eigenvalue weighted by molar-refractivity contribution is 7.99. The smallest absolute Gasteiger partial charge is 0.120 e. The molecule has 0 amide bonds. The molecule has 3 heteroatoms. The van der Waals surface area contributed by atoms with E-state index in [-0.39, 0.29) is 0 Å². The summed E-state index contributed by atoms with van der Waals surface area (Å²) in [6, 6.07) is 15.9. The lowest BCUT2D eigenvalue weighted by atomic mass is 10.2. The molecule has 0 bridgehead atoms. The van der Waals surface area contributed by atoms with Gasteiger partial charge >= 0.3 is 0 Å². The highest BCUT2D eigenvalue weighted by Gasteiger charge is 2.06. The van der Waals surface area contributed by atoms with Crippen LogP contribution in [-0.2, 0) is 0 Å². The second kappa shape index (κ2) is 5.61. The Morgan fingerprint density at radius 1 is 1.17 bits per heavy atom. The Kier molecular flexibility index (Phi) is 3.91. The van der Waals surface area contributed by atoms with Crippen molar-refractivity contribution in [2.75, 3.05) is 7.11 Å². The summed E-state index contributed by atoms with van der Waals surface area (Å²) in [5.41, 5.74) is 1.88. The monoisotopic (exact) mass is 255 g/mol. The first-order valence-electron chi connectivity index (χ1n) is 5.55. The van der Waals surface area contributed by atoms with Gasteiger partial charge < -0.3 is 4.74 Å². The molecule has 2 aromatic rings. The minimum atomic E-state index is 0.669. The van der Waals surface area contributed by atoms with Crippen LogP contribution in [0.1, 0.15) is 11.1 Å². The Balaban J connectivity index is 2.36. The third-order valence-corrected chi connectivity index (χ3v) is 3.57. The molecule has 2 rings (SSSR count). The molecular weight excluding hydrogens is 242 g/mol. The van der Waals surface area contributed by atoms with Gasteiger partial charge in [-0.3, -0.25) is 0 Å². The Labute approximate surface area is 111 Å². The van der Waals surface area contributed by atoms with Crippen LogP contribution in [0, 0.1) is 18.3 Å². The SMILES string of the molecule is COc1ccc(C#N)c(Sc2cccc(C)c2)c1. The largest absolute Gasteiger partial charge is 0.497 e. The fourth-order valence-electron chi connectivity index (χ4n) is 1.61. The van der Waals surface area contributed by atoms with Crippen molar-refractivity contribution in [2.24, 2.45) is 0 Å². The summed E-state index contributed by atoms with van der Waals surface area (Å²) < 4.78 is 5.19. The molecule has 90 valence electrons. The maximum atomic E-state index is 9.11. The van der Waals surface area contributed by atoms with Crippen LogP contribution < -0.4 is 4.74 Å². The molecule has 0 aliphatic rings. The van der Waals surface area contributed by atoms with Crippen molar-refractivity contribution >= 4 is 11.8 Å². The number of hydrogen-bond acceptors (Lipinski definition) is 3. The summed E-state index contributed by atoms with van der Waals surface area (Å²) in [4.78, 5) is 2.04. The maximum Gasteiger partial charge on any atom is 0.120 e. The third kappa shape index (κ3) is 2.85. The van der Waals surface area contributed by atoms with Crippen LogP contribution >= 0.6 is 11.8 Å². The van der Waals surface area contributed by atoms with Crippen LogP contribution in [0.5, 0.6) is 5.75 Å². The quantitative estimate of drug-likeness (QED) is 0.830. The molecule has 18 heavy (non-hydrogen) atoms.